The van der Waals surface area contributed by atoms with E-state index < -0.39 is 0 Å². The Morgan fingerprint density at radius 2 is 1.76 bits per heavy atom. The fraction of sp³-hybridized carbons (Fsp3) is 0.333. The van der Waals surface area contributed by atoms with Crippen molar-refractivity contribution in [3.8, 4) is 11.5 Å². The molecule has 1 amide bonds. The van der Waals surface area contributed by atoms with Crippen LogP contribution >= 0.6 is 23.1 Å². The zero-order valence-corrected chi connectivity index (χ0v) is 18.9. The normalized spacial score (nSPS) is 11.1. The highest BCUT2D eigenvalue weighted by atomic mass is 32.2. The number of hydrogen-bond acceptors (Lipinski definition) is 7. The quantitative estimate of drug-likeness (QED) is 0.497. The van der Waals surface area contributed by atoms with Crippen molar-refractivity contribution >= 4 is 44.4 Å². The van der Waals surface area contributed by atoms with Crippen LogP contribution in [0.25, 0.3) is 10.2 Å². The number of rotatable bonds is 8. The lowest BCUT2D eigenvalue weighted by molar-refractivity contribution is 0.0984. The van der Waals surface area contributed by atoms with Gasteiger partial charge in [-0.3, -0.25) is 9.69 Å². The van der Waals surface area contributed by atoms with Crippen LogP contribution in [-0.4, -0.2) is 63.5 Å². The molecule has 2 aromatic carbocycles. The summed E-state index contributed by atoms with van der Waals surface area (Å²) in [4.78, 5) is 23.1. The number of fused-ring (bicyclic) bond motifs is 1. The maximum absolute atomic E-state index is 13.5. The number of anilines is 1. The number of hydrogen-bond donors (Lipinski definition) is 0. The van der Waals surface area contributed by atoms with Crippen molar-refractivity contribution in [3.05, 3.63) is 42.0 Å². The zero-order valence-electron chi connectivity index (χ0n) is 17.3. The number of ether oxygens (including phenoxy) is 2. The molecule has 6 nitrogen and oxygen atoms in total. The van der Waals surface area contributed by atoms with Crippen molar-refractivity contribution in [1.82, 2.24) is 9.88 Å². The lowest BCUT2D eigenvalue weighted by Gasteiger charge is -2.22. The summed E-state index contributed by atoms with van der Waals surface area (Å²) in [5, 5.41) is 0.687. The second kappa shape index (κ2) is 9.47. The van der Waals surface area contributed by atoms with Crippen LogP contribution in [0.15, 0.2) is 41.3 Å². The van der Waals surface area contributed by atoms with Crippen LogP contribution in [0.2, 0.25) is 0 Å². The van der Waals surface area contributed by atoms with E-state index in [-0.39, 0.29) is 5.91 Å². The van der Waals surface area contributed by atoms with Gasteiger partial charge in [0.1, 0.15) is 11.5 Å². The minimum Gasteiger partial charge on any atom is -0.497 e. The van der Waals surface area contributed by atoms with Gasteiger partial charge in [-0.2, -0.15) is 0 Å². The van der Waals surface area contributed by atoms with E-state index in [9.17, 15) is 4.79 Å². The second-order valence-electron chi connectivity index (χ2n) is 6.69. The molecule has 0 spiro atoms. The molecule has 1 heterocycles. The first kappa shape index (κ1) is 21.4. The van der Waals surface area contributed by atoms with Gasteiger partial charge in [0.15, 0.2) is 5.13 Å². The Bertz CT molecular complexity index is 982. The molecule has 0 aliphatic carbocycles. The predicted octanol–water partition coefficient (Wildman–Crippen LogP) is 4.24. The van der Waals surface area contributed by atoms with Crippen molar-refractivity contribution in [2.45, 2.75) is 4.90 Å². The van der Waals surface area contributed by atoms with Crippen LogP contribution in [0.3, 0.4) is 0 Å². The number of aromatic nitrogens is 1. The van der Waals surface area contributed by atoms with Crippen molar-refractivity contribution in [2.75, 3.05) is 52.6 Å². The molecule has 0 fully saturated rings. The highest BCUT2D eigenvalue weighted by molar-refractivity contribution is 7.98. The Balaban J connectivity index is 2.02. The maximum atomic E-state index is 13.5. The summed E-state index contributed by atoms with van der Waals surface area (Å²) >= 11 is 3.22. The zero-order chi connectivity index (χ0) is 21.0. The third-order valence-corrected chi connectivity index (χ3v) is 6.20. The molecule has 3 aromatic rings. The van der Waals surface area contributed by atoms with Gasteiger partial charge in [-0.1, -0.05) is 11.3 Å². The number of thioether (sulfide) groups is 1. The Morgan fingerprint density at radius 1 is 1.07 bits per heavy atom. The minimum atomic E-state index is -0.131. The van der Waals surface area contributed by atoms with Crippen molar-refractivity contribution < 1.29 is 14.3 Å². The monoisotopic (exact) mass is 431 g/mol. The lowest BCUT2D eigenvalue weighted by atomic mass is 10.1. The number of benzene rings is 2. The average molecular weight is 432 g/mol. The van der Waals surface area contributed by atoms with Crippen LogP contribution in [-0.2, 0) is 0 Å². The summed E-state index contributed by atoms with van der Waals surface area (Å²) in [5.41, 5.74) is 1.40. The number of likely N-dealkylation sites (N-methyl/N-ethyl adjacent to an activating group) is 1. The van der Waals surface area contributed by atoms with E-state index in [0.717, 1.165) is 16.8 Å². The van der Waals surface area contributed by atoms with Gasteiger partial charge in [-0.25, -0.2) is 4.98 Å². The lowest BCUT2D eigenvalue weighted by Crippen LogP contribution is -2.36. The van der Waals surface area contributed by atoms with Crippen molar-refractivity contribution in [2.24, 2.45) is 0 Å². The molecule has 0 unspecified atom stereocenters. The highest BCUT2D eigenvalue weighted by Gasteiger charge is 2.23. The van der Waals surface area contributed by atoms with E-state index in [1.807, 2.05) is 31.3 Å². The Morgan fingerprint density at radius 3 is 2.34 bits per heavy atom. The molecule has 0 N–H and O–H groups in total. The van der Waals surface area contributed by atoms with Gasteiger partial charge in [0.05, 0.1) is 24.4 Å². The molecule has 0 aliphatic rings. The summed E-state index contributed by atoms with van der Waals surface area (Å²) in [6.45, 7) is 1.25. The third kappa shape index (κ3) is 5.01. The van der Waals surface area contributed by atoms with Crippen LogP contribution in [0.1, 0.15) is 10.4 Å². The van der Waals surface area contributed by atoms with Crippen LogP contribution in [0.5, 0.6) is 11.5 Å². The molecule has 0 aliphatic heterocycles. The Kier molecular flexibility index (Phi) is 7.00. The Hall–Kier alpha value is -2.29. The van der Waals surface area contributed by atoms with Crippen LogP contribution < -0.4 is 14.4 Å². The van der Waals surface area contributed by atoms with E-state index in [4.69, 9.17) is 14.5 Å². The average Bonchev–Trinajstić information content (AvgIpc) is 3.15. The maximum Gasteiger partial charge on any atom is 0.260 e. The summed E-state index contributed by atoms with van der Waals surface area (Å²) in [6.07, 6.45) is 2.05. The first-order chi connectivity index (χ1) is 13.9. The summed E-state index contributed by atoms with van der Waals surface area (Å²) in [5.74, 6) is 1.02. The third-order valence-electron chi connectivity index (χ3n) is 4.43. The number of thiazole rings is 1. The van der Waals surface area contributed by atoms with E-state index in [2.05, 4.69) is 12.1 Å². The summed E-state index contributed by atoms with van der Waals surface area (Å²) < 4.78 is 11.7. The van der Waals surface area contributed by atoms with Gasteiger partial charge in [0, 0.05) is 29.6 Å². The molecule has 0 bridgehead atoms. The summed E-state index contributed by atoms with van der Waals surface area (Å²) in [7, 11) is 7.12. The fourth-order valence-electron chi connectivity index (χ4n) is 2.81. The van der Waals surface area contributed by atoms with Crippen molar-refractivity contribution in [1.29, 1.82) is 0 Å². The number of methoxy groups -OCH3 is 2. The van der Waals surface area contributed by atoms with Crippen LogP contribution in [0.4, 0.5) is 5.13 Å². The van der Waals surface area contributed by atoms with E-state index in [0.29, 0.717) is 28.7 Å². The van der Waals surface area contributed by atoms with Gasteiger partial charge >= 0.3 is 0 Å². The van der Waals surface area contributed by atoms with Gasteiger partial charge in [0.25, 0.3) is 5.91 Å². The number of amides is 1. The molecule has 8 heteroatoms. The van der Waals surface area contributed by atoms with Gasteiger partial charge in [-0.05, 0) is 50.7 Å². The molecule has 0 atom stereocenters. The second-order valence-corrected chi connectivity index (χ2v) is 8.58. The molecular formula is C21H25N3O3S2. The molecule has 29 heavy (non-hydrogen) atoms. The molecule has 1 aromatic heterocycles. The number of nitrogens with zero attached hydrogens (tertiary/aromatic N) is 3. The molecule has 154 valence electrons. The first-order valence-electron chi connectivity index (χ1n) is 9.09. The fourth-order valence-corrected chi connectivity index (χ4v) is 4.35. The molecular weight excluding hydrogens is 406 g/mol. The van der Waals surface area contributed by atoms with Crippen LogP contribution in [0, 0.1) is 0 Å². The summed E-state index contributed by atoms with van der Waals surface area (Å²) in [6, 6.07) is 11.4. The van der Waals surface area contributed by atoms with Gasteiger partial charge in [-0.15, -0.1) is 11.8 Å². The van der Waals surface area contributed by atoms with Gasteiger partial charge in [0.2, 0.25) is 0 Å². The van der Waals surface area contributed by atoms with Gasteiger partial charge < -0.3 is 14.4 Å². The molecule has 0 saturated carbocycles. The smallest absolute Gasteiger partial charge is 0.260 e. The van der Waals surface area contributed by atoms with E-state index >= 15 is 0 Å². The molecule has 0 saturated heterocycles. The molecule has 3 rings (SSSR count). The van der Waals surface area contributed by atoms with E-state index in [1.54, 1.807) is 49.1 Å². The predicted molar refractivity (Wildman–Crippen MR) is 121 cm³/mol. The largest absolute Gasteiger partial charge is 0.497 e. The SMILES string of the molecule is COc1cc(OC)cc(C(=O)N(CCN(C)C)c2nc3ccc(SC)cc3s2)c1. The van der Waals surface area contributed by atoms with Crippen molar-refractivity contribution in [3.63, 3.8) is 0 Å². The number of carbonyl (C=O) groups excluding carboxylic acids is 1. The number of carbonyl (C=O) groups is 1. The molecule has 0 radical (unpaired) electrons. The standard InChI is InChI=1S/C21H25N3O3S2/c1-23(2)8-9-24(20(25)14-10-15(26-3)12-16(11-14)27-4)21-22-18-7-6-17(28-5)13-19(18)29-21/h6-7,10-13H,8-9H2,1-5H3. The highest BCUT2D eigenvalue weighted by Crippen LogP contribution is 2.33. The first-order valence-corrected chi connectivity index (χ1v) is 11.1. The topological polar surface area (TPSA) is 54.9 Å². The van der Waals surface area contributed by atoms with E-state index in [1.165, 1.54) is 16.2 Å². The Labute approximate surface area is 179 Å². The minimum absolute atomic E-state index is 0.131.